The van der Waals surface area contributed by atoms with E-state index < -0.39 is 84.8 Å². The highest BCUT2D eigenvalue weighted by Gasteiger charge is 2.31. The fraction of sp³-hybridized carbons (Fsp3) is 0.611. The van der Waals surface area contributed by atoms with E-state index in [0.29, 0.717) is 12.8 Å². The van der Waals surface area contributed by atoms with Gasteiger partial charge in [0.25, 0.3) is 0 Å². The average molecular weight is 489 g/mol. The number of hydrogen-bond acceptors (Lipinski definition) is 9. The largest absolute Gasteiger partial charge is 0.480 e. The fourth-order valence-electron chi connectivity index (χ4n) is 2.71. The lowest BCUT2D eigenvalue weighted by molar-refractivity contribution is -0.144. The topological polar surface area (TPSA) is 306 Å². The molecule has 0 aliphatic rings. The maximum atomic E-state index is 12.7. The Morgan fingerprint density at radius 3 is 1.56 bits per heavy atom. The van der Waals surface area contributed by atoms with Gasteiger partial charge in [-0.2, -0.15) is 0 Å². The normalized spacial score (nSPS) is 14.1. The Balaban J connectivity index is 5.56. The van der Waals surface area contributed by atoms with E-state index in [9.17, 15) is 38.7 Å². The summed E-state index contributed by atoms with van der Waals surface area (Å²) >= 11 is 0. The zero-order valence-electron chi connectivity index (χ0n) is 18.5. The molecule has 16 heteroatoms. The Morgan fingerprint density at radius 2 is 1.09 bits per heavy atom. The number of carbonyl (C=O) groups is 7. The van der Waals surface area contributed by atoms with Crippen LogP contribution in [0, 0.1) is 0 Å². The average Bonchev–Trinajstić information content (AvgIpc) is 2.70. The molecule has 0 aromatic rings. The van der Waals surface area contributed by atoms with Gasteiger partial charge in [0, 0.05) is 0 Å². The van der Waals surface area contributed by atoms with Gasteiger partial charge >= 0.3 is 5.97 Å². The number of primary amides is 3. The van der Waals surface area contributed by atoms with Gasteiger partial charge in [0.2, 0.25) is 35.4 Å². The van der Waals surface area contributed by atoms with Crippen molar-refractivity contribution in [2.75, 3.05) is 6.54 Å². The maximum absolute atomic E-state index is 12.7. The number of rotatable bonds is 17. The van der Waals surface area contributed by atoms with Crippen LogP contribution >= 0.6 is 0 Å². The fourth-order valence-corrected chi connectivity index (χ4v) is 2.71. The van der Waals surface area contributed by atoms with Crippen LogP contribution < -0.4 is 44.6 Å². The number of nitrogens with one attached hydrogen (secondary N) is 3. The second-order valence-electron chi connectivity index (χ2n) is 7.42. The Kier molecular flexibility index (Phi) is 13.4. The number of hydrogen-bond donors (Lipinski definition) is 9. The molecule has 0 radical (unpaired) electrons. The minimum absolute atomic E-state index is 0.0100. The van der Waals surface area contributed by atoms with Gasteiger partial charge in [0.1, 0.15) is 18.1 Å². The summed E-state index contributed by atoms with van der Waals surface area (Å²) in [5.74, 6) is -7.28. The maximum Gasteiger partial charge on any atom is 0.326 e. The summed E-state index contributed by atoms with van der Waals surface area (Å²) in [5, 5.41) is 15.8. The number of carbonyl (C=O) groups excluding carboxylic acids is 6. The predicted molar refractivity (Wildman–Crippen MR) is 116 cm³/mol. The molecule has 16 nitrogen and oxygen atoms in total. The highest BCUT2D eigenvalue weighted by Crippen LogP contribution is 2.05. The van der Waals surface area contributed by atoms with Crippen LogP contribution in [0.25, 0.3) is 0 Å². The predicted octanol–water partition coefficient (Wildman–Crippen LogP) is -5.39. The highest BCUT2D eigenvalue weighted by atomic mass is 16.4. The molecule has 0 aromatic carbocycles. The van der Waals surface area contributed by atoms with Gasteiger partial charge in [-0.25, -0.2) is 4.79 Å². The quantitative estimate of drug-likeness (QED) is 0.0874. The monoisotopic (exact) mass is 488 g/mol. The van der Waals surface area contributed by atoms with Gasteiger partial charge in [-0.15, -0.1) is 0 Å². The van der Waals surface area contributed by atoms with Crippen LogP contribution in [0.3, 0.4) is 0 Å². The third-order valence-electron chi connectivity index (χ3n) is 4.40. The highest BCUT2D eigenvalue weighted by molar-refractivity contribution is 5.97. The van der Waals surface area contributed by atoms with E-state index in [2.05, 4.69) is 16.0 Å². The standard InChI is InChI=1S/C18H32N8O8/c19-4-2-1-3-9(16(31)26-11(18(33)34)7-14(23)29)24-17(32)10(6-13(22)28)25-15(30)8(20)5-12(21)27/h8-11H,1-7,19-20H2,(H2,21,27)(H2,22,28)(H2,23,29)(H,24,32)(H,25,30)(H,26,31)(H,33,34). The second kappa shape index (κ2) is 15.1. The number of unbranched alkanes of at least 4 members (excludes halogenated alkanes) is 1. The van der Waals surface area contributed by atoms with Crippen molar-refractivity contribution in [2.24, 2.45) is 28.7 Å². The Bertz CT molecular complexity index is 790. The number of aliphatic carboxylic acids is 1. The first-order chi connectivity index (χ1) is 15.8. The zero-order chi connectivity index (χ0) is 26.4. The first-order valence-electron chi connectivity index (χ1n) is 10.2. The van der Waals surface area contributed by atoms with Crippen molar-refractivity contribution in [3.8, 4) is 0 Å². The van der Waals surface area contributed by atoms with Gasteiger partial charge in [0.05, 0.1) is 25.3 Å². The molecule has 0 heterocycles. The van der Waals surface area contributed by atoms with Crippen molar-refractivity contribution < 1.29 is 38.7 Å². The van der Waals surface area contributed by atoms with E-state index in [-0.39, 0.29) is 13.0 Å². The minimum atomic E-state index is -1.65. The SMILES string of the molecule is NCCCCC(NC(=O)C(CC(N)=O)NC(=O)C(N)CC(N)=O)C(=O)NC(CC(N)=O)C(=O)O. The molecule has 0 aromatic heterocycles. The molecule has 0 aliphatic carbocycles. The summed E-state index contributed by atoms with van der Waals surface area (Å²) in [5.41, 5.74) is 26.0. The van der Waals surface area contributed by atoms with Crippen molar-refractivity contribution >= 4 is 41.4 Å². The van der Waals surface area contributed by atoms with Crippen LogP contribution in [-0.4, -0.2) is 77.2 Å². The smallest absolute Gasteiger partial charge is 0.326 e. The van der Waals surface area contributed by atoms with Gasteiger partial charge in [-0.05, 0) is 25.8 Å². The van der Waals surface area contributed by atoms with Gasteiger partial charge in [-0.3, -0.25) is 28.8 Å². The molecule has 0 aliphatic heterocycles. The van der Waals surface area contributed by atoms with Gasteiger partial charge < -0.3 is 49.7 Å². The number of nitrogens with two attached hydrogens (primary N) is 5. The summed E-state index contributed by atoms with van der Waals surface area (Å²) in [6, 6.07) is -5.93. The van der Waals surface area contributed by atoms with Crippen molar-refractivity contribution in [3.63, 3.8) is 0 Å². The molecule has 0 fully saturated rings. The summed E-state index contributed by atoms with van der Waals surface area (Å²) < 4.78 is 0. The van der Waals surface area contributed by atoms with Crippen molar-refractivity contribution in [3.05, 3.63) is 0 Å². The first kappa shape index (κ1) is 30.2. The number of carboxylic acid groups (broad SMARTS) is 1. The molecule has 192 valence electrons. The van der Waals surface area contributed by atoms with Crippen LogP contribution in [0.15, 0.2) is 0 Å². The van der Waals surface area contributed by atoms with Crippen LogP contribution in [-0.2, 0) is 33.6 Å². The first-order valence-corrected chi connectivity index (χ1v) is 10.2. The summed E-state index contributed by atoms with van der Waals surface area (Å²) in [7, 11) is 0. The van der Waals surface area contributed by atoms with Gasteiger partial charge in [-0.1, -0.05) is 0 Å². The molecule has 0 bridgehead atoms. The van der Waals surface area contributed by atoms with E-state index in [0.717, 1.165) is 0 Å². The molecule has 14 N–H and O–H groups in total. The van der Waals surface area contributed by atoms with Crippen LogP contribution in [0.4, 0.5) is 0 Å². The minimum Gasteiger partial charge on any atom is -0.480 e. The second-order valence-corrected chi connectivity index (χ2v) is 7.42. The third kappa shape index (κ3) is 12.3. The lowest BCUT2D eigenvalue weighted by Gasteiger charge is -2.24. The van der Waals surface area contributed by atoms with Crippen molar-refractivity contribution in [2.45, 2.75) is 62.7 Å². The molecule has 4 unspecified atom stereocenters. The van der Waals surface area contributed by atoms with E-state index in [1.807, 2.05) is 0 Å². The number of carboxylic acids is 1. The summed E-state index contributed by atoms with van der Waals surface area (Å²) in [6.07, 6.45) is -1.07. The Labute approximate surface area is 194 Å². The van der Waals surface area contributed by atoms with E-state index in [1.165, 1.54) is 0 Å². The van der Waals surface area contributed by atoms with Crippen LogP contribution in [0.5, 0.6) is 0 Å². The number of amides is 6. The molecular formula is C18H32N8O8. The lowest BCUT2D eigenvalue weighted by Crippen LogP contribution is -2.58. The Hall–Kier alpha value is -3.79. The molecule has 34 heavy (non-hydrogen) atoms. The van der Waals surface area contributed by atoms with Crippen molar-refractivity contribution in [1.82, 2.24) is 16.0 Å². The van der Waals surface area contributed by atoms with E-state index in [1.54, 1.807) is 0 Å². The van der Waals surface area contributed by atoms with Crippen molar-refractivity contribution in [1.29, 1.82) is 0 Å². The molecule has 0 spiro atoms. The third-order valence-corrected chi connectivity index (χ3v) is 4.40. The molecule has 0 rings (SSSR count). The molecule has 6 amide bonds. The van der Waals surface area contributed by atoms with Crippen LogP contribution in [0.1, 0.15) is 38.5 Å². The molecular weight excluding hydrogens is 456 g/mol. The van der Waals surface area contributed by atoms with Gasteiger partial charge in [0.15, 0.2) is 0 Å². The van der Waals surface area contributed by atoms with Crippen LogP contribution in [0.2, 0.25) is 0 Å². The lowest BCUT2D eigenvalue weighted by atomic mass is 10.1. The summed E-state index contributed by atoms with van der Waals surface area (Å²) in [4.78, 5) is 82.2. The summed E-state index contributed by atoms with van der Waals surface area (Å²) in [6.45, 7) is 0.278. The van der Waals surface area contributed by atoms with E-state index >= 15 is 0 Å². The molecule has 0 saturated heterocycles. The Morgan fingerprint density at radius 1 is 0.647 bits per heavy atom. The zero-order valence-corrected chi connectivity index (χ0v) is 18.5. The molecule has 0 saturated carbocycles. The molecule has 4 atom stereocenters. The van der Waals surface area contributed by atoms with E-state index in [4.69, 9.17) is 28.7 Å².